The minimum absolute atomic E-state index is 0.0261. The van der Waals surface area contributed by atoms with E-state index < -0.39 is 23.6 Å². The lowest BCUT2D eigenvalue weighted by molar-refractivity contribution is -0.137. The smallest absolute Gasteiger partial charge is 0.383 e. The third-order valence-electron chi connectivity index (χ3n) is 11.0. The summed E-state index contributed by atoms with van der Waals surface area (Å²) in [6.45, 7) is 6.29. The first-order chi connectivity index (χ1) is 29.3. The minimum Gasteiger partial charge on any atom is -0.383 e. The Morgan fingerprint density at radius 3 is 2.23 bits per heavy atom. The van der Waals surface area contributed by atoms with Crippen molar-refractivity contribution in [2.24, 2.45) is 0 Å². The molecule has 2 fully saturated rings. The molecule has 1 aromatic heterocycles. The molecule has 2 aliphatic heterocycles. The van der Waals surface area contributed by atoms with Gasteiger partial charge in [-0.25, -0.2) is 4.79 Å². The maximum atomic E-state index is 13.9. The molecule has 0 bridgehead atoms. The molecule has 4 aromatic rings. The average molecular weight is 843 g/mol. The number of nitrogens with one attached hydrogen (secondary N) is 2. The van der Waals surface area contributed by atoms with Gasteiger partial charge in [0.25, 0.3) is 17.7 Å². The molecule has 3 aromatic carbocycles. The number of piperidine rings is 1. The summed E-state index contributed by atoms with van der Waals surface area (Å²) in [5, 5.41) is 5.70. The van der Waals surface area contributed by atoms with Gasteiger partial charge in [0, 0.05) is 121 Å². The van der Waals surface area contributed by atoms with Crippen LogP contribution in [0.2, 0.25) is 0 Å². The fraction of sp³-hybridized carbons (Fsp3) is 0.400. The molecule has 3 heterocycles. The fourth-order valence-electron chi connectivity index (χ4n) is 7.39. The number of urea groups is 1. The first kappa shape index (κ1) is 44.5. The molecule has 0 radical (unpaired) electrons. The second-order valence-corrected chi connectivity index (χ2v) is 15.4. The monoisotopic (exact) mass is 842 g/mol. The summed E-state index contributed by atoms with van der Waals surface area (Å²) in [5.41, 5.74) is 2.74. The Labute approximate surface area is 354 Å². The molecule has 0 atom stereocenters. The van der Waals surface area contributed by atoms with E-state index in [9.17, 15) is 32.3 Å². The molecular weight excluding hydrogens is 790 g/mol. The van der Waals surface area contributed by atoms with Crippen LogP contribution in [0.1, 0.15) is 61.5 Å². The molecule has 2 N–H and O–H groups in total. The molecule has 6 rings (SSSR count). The lowest BCUT2D eigenvalue weighted by atomic mass is 10.0. The van der Waals surface area contributed by atoms with Gasteiger partial charge < -0.3 is 35.0 Å². The first-order valence-corrected chi connectivity index (χ1v) is 20.5. The van der Waals surface area contributed by atoms with E-state index in [1.165, 1.54) is 24.4 Å². The van der Waals surface area contributed by atoms with Crippen molar-refractivity contribution in [3.05, 3.63) is 113 Å². The summed E-state index contributed by atoms with van der Waals surface area (Å²) < 4.78 is 44.9. The van der Waals surface area contributed by atoms with Crippen LogP contribution in [0.5, 0.6) is 0 Å². The molecule has 61 heavy (non-hydrogen) atoms. The topological polar surface area (TPSA) is 131 Å². The second kappa shape index (κ2) is 20.5. The number of amides is 5. The van der Waals surface area contributed by atoms with Gasteiger partial charge in [0.2, 0.25) is 0 Å². The number of carbonyl (C=O) groups excluding carboxylic acids is 4. The van der Waals surface area contributed by atoms with Crippen molar-refractivity contribution >= 4 is 35.1 Å². The molecule has 0 aliphatic carbocycles. The van der Waals surface area contributed by atoms with Crippen LogP contribution >= 0.6 is 0 Å². The number of piperazine rings is 1. The number of nitrogens with zero attached hydrogens (tertiary/aromatic N) is 6. The SMILES string of the molecule is COCCN(C)C(=O)N1CCN(CCN(C)C(=O)c2cccc(C(=O)Nc3ccc(N4CCCCC4)cc3-c3cc(C(=O)NCc4cccc(C(F)(F)F)c4)ccn3)c2)CC1. The molecule has 0 spiro atoms. The highest BCUT2D eigenvalue weighted by atomic mass is 19.4. The minimum atomic E-state index is -4.50. The highest BCUT2D eigenvalue weighted by Crippen LogP contribution is 2.34. The van der Waals surface area contributed by atoms with Crippen molar-refractivity contribution in [2.45, 2.75) is 32.0 Å². The predicted octanol–water partition coefficient (Wildman–Crippen LogP) is 6.33. The number of hydrogen-bond donors (Lipinski definition) is 2. The van der Waals surface area contributed by atoms with Gasteiger partial charge in [0.05, 0.1) is 23.6 Å². The van der Waals surface area contributed by atoms with Crippen molar-refractivity contribution in [1.29, 1.82) is 0 Å². The van der Waals surface area contributed by atoms with E-state index in [2.05, 4.69) is 25.4 Å². The summed E-state index contributed by atoms with van der Waals surface area (Å²) in [6, 6.07) is 20.1. The third kappa shape index (κ3) is 11.9. The number of hydrogen-bond acceptors (Lipinski definition) is 8. The van der Waals surface area contributed by atoms with Crippen molar-refractivity contribution in [1.82, 2.24) is 29.9 Å². The van der Waals surface area contributed by atoms with E-state index in [4.69, 9.17) is 4.74 Å². The zero-order valence-electron chi connectivity index (χ0n) is 34.8. The normalized spacial score (nSPS) is 14.7. The number of ether oxygens (including phenoxy) is 1. The maximum Gasteiger partial charge on any atom is 0.416 e. The molecule has 16 heteroatoms. The van der Waals surface area contributed by atoms with Crippen LogP contribution in [-0.4, -0.2) is 135 Å². The number of pyridine rings is 1. The van der Waals surface area contributed by atoms with Crippen molar-refractivity contribution in [3.63, 3.8) is 0 Å². The lowest BCUT2D eigenvalue weighted by Gasteiger charge is -2.37. The number of anilines is 2. The maximum absolute atomic E-state index is 13.9. The van der Waals surface area contributed by atoms with Crippen LogP contribution in [0.4, 0.5) is 29.3 Å². The third-order valence-corrected chi connectivity index (χ3v) is 11.0. The molecule has 13 nitrogen and oxygen atoms in total. The summed E-state index contributed by atoms with van der Waals surface area (Å²) in [4.78, 5) is 67.6. The Hall–Kier alpha value is -6.00. The fourth-order valence-corrected chi connectivity index (χ4v) is 7.39. The summed E-state index contributed by atoms with van der Waals surface area (Å²) in [5.74, 6) is -1.18. The van der Waals surface area contributed by atoms with Gasteiger partial charge in [-0.1, -0.05) is 18.2 Å². The Bertz CT molecular complexity index is 2170. The Morgan fingerprint density at radius 2 is 1.49 bits per heavy atom. The van der Waals surface area contributed by atoms with E-state index in [-0.39, 0.29) is 29.6 Å². The Balaban J connectivity index is 1.12. The number of carbonyl (C=O) groups is 4. The van der Waals surface area contributed by atoms with Crippen molar-refractivity contribution in [2.75, 3.05) is 96.9 Å². The molecular formula is C45H53F3N8O5. The van der Waals surface area contributed by atoms with Crippen LogP contribution < -0.4 is 15.5 Å². The van der Waals surface area contributed by atoms with Crippen LogP contribution in [0, 0.1) is 0 Å². The van der Waals surface area contributed by atoms with Crippen molar-refractivity contribution < 1.29 is 37.1 Å². The predicted molar refractivity (Wildman–Crippen MR) is 228 cm³/mol. The Morgan fingerprint density at radius 1 is 0.770 bits per heavy atom. The van der Waals surface area contributed by atoms with Gasteiger partial charge in [0.1, 0.15) is 0 Å². The van der Waals surface area contributed by atoms with Gasteiger partial charge in [0.15, 0.2) is 0 Å². The zero-order valence-corrected chi connectivity index (χ0v) is 34.8. The van der Waals surface area contributed by atoms with Gasteiger partial charge >= 0.3 is 12.2 Å². The van der Waals surface area contributed by atoms with E-state index >= 15 is 0 Å². The summed E-state index contributed by atoms with van der Waals surface area (Å²) >= 11 is 0. The van der Waals surface area contributed by atoms with Crippen LogP contribution in [-0.2, 0) is 17.5 Å². The van der Waals surface area contributed by atoms with E-state index in [1.807, 2.05) is 17.0 Å². The van der Waals surface area contributed by atoms with E-state index in [0.717, 1.165) is 50.2 Å². The van der Waals surface area contributed by atoms with Crippen LogP contribution in [0.15, 0.2) is 85.1 Å². The first-order valence-electron chi connectivity index (χ1n) is 20.5. The highest BCUT2D eigenvalue weighted by molar-refractivity contribution is 6.08. The van der Waals surface area contributed by atoms with Gasteiger partial charge in [-0.05, 0) is 85.5 Å². The Kier molecular flexibility index (Phi) is 15.0. The van der Waals surface area contributed by atoms with Gasteiger partial charge in [-0.15, -0.1) is 0 Å². The van der Waals surface area contributed by atoms with E-state index in [1.54, 1.807) is 67.4 Å². The molecule has 2 saturated heterocycles. The number of methoxy groups -OCH3 is 1. The number of likely N-dealkylation sites (N-methyl/N-ethyl adjacent to an activating group) is 2. The molecule has 324 valence electrons. The van der Waals surface area contributed by atoms with Gasteiger partial charge in [-0.3, -0.25) is 24.3 Å². The number of aromatic nitrogens is 1. The largest absolute Gasteiger partial charge is 0.416 e. The van der Waals surface area contributed by atoms with Crippen LogP contribution in [0.3, 0.4) is 0 Å². The standard InChI is InChI=1S/C45H53F3N8O5/c1-52(19-20-54-21-23-56(24-22-54)44(60)53(2)25-26-61-3)43(59)35-11-8-10-33(28-35)42(58)51-39-14-13-37(55-17-5-4-6-18-55)30-38(39)40-29-34(15-16-49-40)41(57)50-31-32-9-7-12-36(27-32)45(46,47)48/h7-16,27-30H,4-6,17-26,31H2,1-3H3,(H,50,57)(H,51,58). The van der Waals surface area contributed by atoms with Gasteiger partial charge in [-0.2, -0.15) is 13.2 Å². The molecule has 5 amide bonds. The highest BCUT2D eigenvalue weighted by Gasteiger charge is 2.30. The van der Waals surface area contributed by atoms with Crippen LogP contribution in [0.25, 0.3) is 11.3 Å². The van der Waals surface area contributed by atoms with Crippen molar-refractivity contribution in [3.8, 4) is 11.3 Å². The quantitative estimate of drug-likeness (QED) is 0.151. The number of benzene rings is 3. The average Bonchev–Trinajstić information content (AvgIpc) is 3.29. The van der Waals surface area contributed by atoms with E-state index in [0.29, 0.717) is 80.5 Å². The molecule has 2 aliphatic rings. The number of rotatable bonds is 14. The number of halogens is 3. The number of alkyl halides is 3. The lowest BCUT2D eigenvalue weighted by Crippen LogP contribution is -2.53. The molecule has 0 unspecified atom stereocenters. The molecule has 0 saturated carbocycles. The summed E-state index contributed by atoms with van der Waals surface area (Å²) in [6.07, 6.45) is 0.210. The second-order valence-electron chi connectivity index (χ2n) is 15.4. The zero-order chi connectivity index (χ0) is 43.5. The summed E-state index contributed by atoms with van der Waals surface area (Å²) in [7, 11) is 5.09.